The van der Waals surface area contributed by atoms with Crippen LogP contribution in [0.25, 0.3) is 10.9 Å². The van der Waals surface area contributed by atoms with Crippen LogP contribution in [0.15, 0.2) is 41.0 Å². The highest BCUT2D eigenvalue weighted by atomic mass is 19.1. The Kier molecular flexibility index (Phi) is 3.02. The van der Waals surface area contributed by atoms with Crippen molar-refractivity contribution in [2.24, 2.45) is 0 Å². The van der Waals surface area contributed by atoms with E-state index in [-0.39, 0.29) is 11.7 Å². The van der Waals surface area contributed by atoms with Gasteiger partial charge in [-0.3, -0.25) is 4.79 Å². The summed E-state index contributed by atoms with van der Waals surface area (Å²) in [5.74, 6) is 0.0495. The van der Waals surface area contributed by atoms with Gasteiger partial charge in [0.2, 0.25) is 0 Å². The number of benzene rings is 1. The minimum Gasteiger partial charge on any atom is -0.467 e. The molecule has 20 heavy (non-hydrogen) atoms. The van der Waals surface area contributed by atoms with Gasteiger partial charge >= 0.3 is 0 Å². The molecule has 1 amide bonds. The van der Waals surface area contributed by atoms with Crippen molar-refractivity contribution >= 4 is 16.8 Å². The summed E-state index contributed by atoms with van der Waals surface area (Å²) in [6.45, 7) is 2.05. The lowest BCUT2D eigenvalue weighted by Crippen LogP contribution is -2.23. The van der Waals surface area contributed by atoms with Crippen LogP contribution in [0.5, 0.6) is 0 Å². The number of nitrogens with one attached hydrogen (secondary N) is 2. The summed E-state index contributed by atoms with van der Waals surface area (Å²) in [5.41, 5.74) is 1.46. The van der Waals surface area contributed by atoms with Crippen LogP contribution in [0.4, 0.5) is 4.39 Å². The fourth-order valence-electron chi connectivity index (χ4n) is 2.27. The molecule has 0 spiro atoms. The van der Waals surface area contributed by atoms with Gasteiger partial charge in [-0.1, -0.05) is 12.1 Å². The summed E-state index contributed by atoms with van der Waals surface area (Å²) >= 11 is 0. The monoisotopic (exact) mass is 272 g/mol. The highest BCUT2D eigenvalue weighted by molar-refractivity contribution is 6.08. The standard InChI is InChI=1S/C15H13FN2O2/c1-9-13(11-5-2-6-12(16)14(11)18-9)15(19)17-8-10-4-3-7-20-10/h2-7,18H,8H2,1H3,(H,17,19). The number of hydrogen-bond acceptors (Lipinski definition) is 2. The average Bonchev–Trinajstić information content (AvgIpc) is 3.04. The SMILES string of the molecule is Cc1[nH]c2c(F)cccc2c1C(=O)NCc1ccco1. The number of fused-ring (bicyclic) bond motifs is 1. The lowest BCUT2D eigenvalue weighted by molar-refractivity contribution is 0.0949. The first-order chi connectivity index (χ1) is 9.66. The van der Waals surface area contributed by atoms with Crippen molar-refractivity contribution in [2.75, 3.05) is 0 Å². The van der Waals surface area contributed by atoms with Gasteiger partial charge in [-0.2, -0.15) is 0 Å². The van der Waals surface area contributed by atoms with E-state index in [0.29, 0.717) is 34.5 Å². The van der Waals surface area contributed by atoms with Crippen molar-refractivity contribution < 1.29 is 13.6 Å². The van der Waals surface area contributed by atoms with Crippen LogP contribution < -0.4 is 5.32 Å². The van der Waals surface area contributed by atoms with Crippen molar-refractivity contribution in [3.8, 4) is 0 Å². The number of aromatic nitrogens is 1. The van der Waals surface area contributed by atoms with Gasteiger partial charge in [0.15, 0.2) is 0 Å². The third kappa shape index (κ3) is 2.07. The van der Waals surface area contributed by atoms with Gasteiger partial charge in [0, 0.05) is 11.1 Å². The Morgan fingerprint density at radius 1 is 1.35 bits per heavy atom. The van der Waals surface area contributed by atoms with Gasteiger partial charge in [-0.25, -0.2) is 4.39 Å². The largest absolute Gasteiger partial charge is 0.467 e. The first-order valence-electron chi connectivity index (χ1n) is 6.24. The molecule has 2 N–H and O–H groups in total. The number of hydrogen-bond donors (Lipinski definition) is 2. The smallest absolute Gasteiger partial charge is 0.254 e. The number of aromatic amines is 1. The van der Waals surface area contributed by atoms with Crippen molar-refractivity contribution in [1.29, 1.82) is 0 Å². The third-order valence-corrected chi connectivity index (χ3v) is 3.20. The lowest BCUT2D eigenvalue weighted by atomic mass is 10.1. The van der Waals surface area contributed by atoms with E-state index in [9.17, 15) is 9.18 Å². The number of carbonyl (C=O) groups is 1. The predicted molar refractivity (Wildman–Crippen MR) is 72.9 cm³/mol. The van der Waals surface area contributed by atoms with Crippen LogP contribution in [-0.4, -0.2) is 10.9 Å². The Hall–Kier alpha value is -2.56. The summed E-state index contributed by atoms with van der Waals surface area (Å²) in [6.07, 6.45) is 1.55. The predicted octanol–water partition coefficient (Wildman–Crippen LogP) is 3.14. The summed E-state index contributed by atoms with van der Waals surface area (Å²) in [7, 11) is 0. The number of aryl methyl sites for hydroxylation is 1. The fourth-order valence-corrected chi connectivity index (χ4v) is 2.27. The Morgan fingerprint density at radius 3 is 2.95 bits per heavy atom. The Balaban J connectivity index is 1.91. The first-order valence-corrected chi connectivity index (χ1v) is 6.24. The maximum atomic E-state index is 13.7. The van der Waals surface area contributed by atoms with E-state index in [4.69, 9.17) is 4.42 Å². The Morgan fingerprint density at radius 2 is 2.20 bits per heavy atom. The molecule has 2 aromatic heterocycles. The van der Waals surface area contributed by atoms with E-state index in [1.807, 2.05) is 0 Å². The van der Waals surface area contributed by atoms with Crippen LogP contribution in [-0.2, 0) is 6.54 Å². The van der Waals surface area contributed by atoms with E-state index >= 15 is 0 Å². The first kappa shape index (κ1) is 12.5. The molecule has 0 bridgehead atoms. The number of halogens is 1. The Labute approximate surface area is 114 Å². The molecule has 5 heteroatoms. The normalized spacial score (nSPS) is 10.9. The lowest BCUT2D eigenvalue weighted by Gasteiger charge is -2.03. The number of carbonyl (C=O) groups excluding carboxylic acids is 1. The van der Waals surface area contributed by atoms with Crippen molar-refractivity contribution in [2.45, 2.75) is 13.5 Å². The van der Waals surface area contributed by atoms with Gasteiger partial charge in [-0.05, 0) is 25.1 Å². The van der Waals surface area contributed by atoms with Gasteiger partial charge in [0.25, 0.3) is 5.91 Å². The fraction of sp³-hybridized carbons (Fsp3) is 0.133. The second-order valence-corrected chi connectivity index (χ2v) is 4.55. The molecule has 102 valence electrons. The maximum Gasteiger partial charge on any atom is 0.254 e. The quantitative estimate of drug-likeness (QED) is 0.769. The summed E-state index contributed by atoms with van der Waals surface area (Å²) in [4.78, 5) is 15.2. The zero-order chi connectivity index (χ0) is 14.1. The third-order valence-electron chi connectivity index (χ3n) is 3.20. The molecule has 0 saturated carbocycles. The minimum absolute atomic E-state index is 0.254. The van der Waals surface area contributed by atoms with Crippen LogP contribution >= 0.6 is 0 Å². The van der Waals surface area contributed by atoms with Gasteiger partial charge in [0.1, 0.15) is 11.6 Å². The molecule has 0 aliphatic heterocycles. The second-order valence-electron chi connectivity index (χ2n) is 4.55. The van der Waals surface area contributed by atoms with E-state index in [0.717, 1.165) is 0 Å². The maximum absolute atomic E-state index is 13.7. The minimum atomic E-state index is -0.365. The number of para-hydroxylation sites is 1. The van der Waals surface area contributed by atoms with Gasteiger partial charge in [0.05, 0.1) is 23.9 Å². The van der Waals surface area contributed by atoms with E-state index in [2.05, 4.69) is 10.3 Å². The zero-order valence-corrected chi connectivity index (χ0v) is 10.9. The van der Waals surface area contributed by atoms with Gasteiger partial charge < -0.3 is 14.7 Å². The van der Waals surface area contributed by atoms with Crippen LogP contribution in [0, 0.1) is 12.7 Å². The molecule has 2 heterocycles. The summed E-state index contributed by atoms with van der Waals surface area (Å²) in [6, 6.07) is 8.22. The van der Waals surface area contributed by atoms with Crippen LogP contribution in [0.2, 0.25) is 0 Å². The molecule has 0 aliphatic carbocycles. The molecule has 3 rings (SSSR count). The molecule has 0 radical (unpaired) electrons. The topological polar surface area (TPSA) is 58.0 Å². The molecule has 3 aromatic rings. The Bertz CT molecular complexity index is 760. The van der Waals surface area contributed by atoms with Gasteiger partial charge in [-0.15, -0.1) is 0 Å². The molecule has 0 atom stereocenters. The number of H-pyrrole nitrogens is 1. The molecule has 0 aliphatic rings. The molecule has 4 nitrogen and oxygen atoms in total. The summed E-state index contributed by atoms with van der Waals surface area (Å²) < 4.78 is 18.8. The zero-order valence-electron chi connectivity index (χ0n) is 10.9. The van der Waals surface area contributed by atoms with E-state index < -0.39 is 0 Å². The van der Waals surface area contributed by atoms with Crippen LogP contribution in [0.3, 0.4) is 0 Å². The number of amides is 1. The van der Waals surface area contributed by atoms with E-state index in [1.165, 1.54) is 6.07 Å². The molecule has 0 fully saturated rings. The van der Waals surface area contributed by atoms with E-state index in [1.54, 1.807) is 37.5 Å². The van der Waals surface area contributed by atoms with Crippen molar-refractivity contribution in [3.63, 3.8) is 0 Å². The number of furan rings is 1. The highest BCUT2D eigenvalue weighted by Gasteiger charge is 2.17. The molecular weight excluding hydrogens is 259 g/mol. The molecule has 0 saturated heterocycles. The van der Waals surface area contributed by atoms with Crippen molar-refractivity contribution in [1.82, 2.24) is 10.3 Å². The summed E-state index contributed by atoms with van der Waals surface area (Å²) in [5, 5.41) is 3.35. The van der Waals surface area contributed by atoms with Crippen LogP contribution in [0.1, 0.15) is 21.8 Å². The molecular formula is C15H13FN2O2. The van der Waals surface area contributed by atoms with Crippen molar-refractivity contribution in [3.05, 3.63) is 59.4 Å². The molecule has 1 aromatic carbocycles. The molecule has 0 unspecified atom stereocenters. The average molecular weight is 272 g/mol. The second kappa shape index (κ2) is 4.85. The highest BCUT2D eigenvalue weighted by Crippen LogP contribution is 2.24. The number of rotatable bonds is 3.